The molecule has 34 heavy (non-hydrogen) atoms. The van der Waals surface area contributed by atoms with Gasteiger partial charge in [0.05, 0.1) is 23.4 Å². The van der Waals surface area contributed by atoms with Crippen molar-refractivity contribution in [2.45, 2.75) is 39.7 Å². The Morgan fingerprint density at radius 2 is 2.00 bits per heavy atom. The Labute approximate surface area is 201 Å². The summed E-state index contributed by atoms with van der Waals surface area (Å²) >= 11 is 6.01. The number of aromatic nitrogens is 3. The van der Waals surface area contributed by atoms with Crippen LogP contribution in [0.4, 0.5) is 11.4 Å². The molecule has 4 rings (SSSR count). The van der Waals surface area contributed by atoms with E-state index >= 15 is 0 Å². The Hall–Kier alpha value is -3.78. The number of amides is 1. The third-order valence-corrected chi connectivity index (χ3v) is 5.88. The molecule has 174 valence electrons. The summed E-state index contributed by atoms with van der Waals surface area (Å²) in [6, 6.07) is 13.3. The number of halogens is 1. The standard InChI is InChI=1S/C25H24ClN5O3/c1-3-4-11-22-29-23-16(2)21(28-25(32)18-8-6-9-19(26)13-18)14-27-24(23)30(22)15-17-7-5-10-20(12-17)31(33)34/h5-10,12-14H,3-4,11,15H2,1-2H3,(H,28,32). The third-order valence-electron chi connectivity index (χ3n) is 5.65. The zero-order valence-corrected chi connectivity index (χ0v) is 19.7. The maximum Gasteiger partial charge on any atom is 0.269 e. The van der Waals surface area contributed by atoms with Crippen LogP contribution >= 0.6 is 11.6 Å². The molecule has 0 atom stereocenters. The Morgan fingerprint density at radius 1 is 1.21 bits per heavy atom. The summed E-state index contributed by atoms with van der Waals surface area (Å²) in [6.07, 6.45) is 4.34. The van der Waals surface area contributed by atoms with Gasteiger partial charge < -0.3 is 9.88 Å². The minimum absolute atomic E-state index is 0.0483. The highest BCUT2D eigenvalue weighted by Crippen LogP contribution is 2.27. The number of pyridine rings is 1. The lowest BCUT2D eigenvalue weighted by atomic mass is 10.2. The van der Waals surface area contributed by atoms with Crippen molar-refractivity contribution in [2.24, 2.45) is 0 Å². The molecular formula is C25H24ClN5O3. The Morgan fingerprint density at radius 3 is 2.74 bits per heavy atom. The van der Waals surface area contributed by atoms with E-state index < -0.39 is 4.92 Å². The van der Waals surface area contributed by atoms with Crippen molar-refractivity contribution in [3.8, 4) is 0 Å². The SMILES string of the molecule is CCCCc1nc2c(C)c(NC(=O)c3cccc(Cl)c3)cnc2n1Cc1cccc([N+](=O)[O-])c1. The van der Waals surface area contributed by atoms with E-state index in [1.54, 1.807) is 42.6 Å². The van der Waals surface area contributed by atoms with Gasteiger partial charge in [-0.3, -0.25) is 14.9 Å². The molecule has 0 aliphatic rings. The predicted molar refractivity (Wildman–Crippen MR) is 132 cm³/mol. The predicted octanol–water partition coefficient (Wildman–Crippen LogP) is 5.94. The fourth-order valence-electron chi connectivity index (χ4n) is 3.82. The minimum atomic E-state index is -0.398. The number of carbonyl (C=O) groups is 1. The van der Waals surface area contributed by atoms with Crippen molar-refractivity contribution in [3.63, 3.8) is 0 Å². The summed E-state index contributed by atoms with van der Waals surface area (Å²) in [7, 11) is 0. The van der Waals surface area contributed by atoms with Crippen LogP contribution in [-0.2, 0) is 13.0 Å². The molecule has 0 fully saturated rings. The number of hydrogen-bond acceptors (Lipinski definition) is 5. The summed E-state index contributed by atoms with van der Waals surface area (Å²) in [5.41, 5.74) is 4.04. The van der Waals surface area contributed by atoms with E-state index in [1.165, 1.54) is 6.07 Å². The van der Waals surface area contributed by atoms with Crippen LogP contribution in [0.5, 0.6) is 0 Å². The van der Waals surface area contributed by atoms with Crippen molar-refractivity contribution in [1.82, 2.24) is 14.5 Å². The van der Waals surface area contributed by atoms with Gasteiger partial charge in [-0.1, -0.05) is 43.1 Å². The fourth-order valence-corrected chi connectivity index (χ4v) is 4.01. The van der Waals surface area contributed by atoms with Gasteiger partial charge in [0.15, 0.2) is 5.65 Å². The van der Waals surface area contributed by atoms with Gasteiger partial charge in [-0.15, -0.1) is 0 Å². The van der Waals surface area contributed by atoms with E-state index in [9.17, 15) is 14.9 Å². The first kappa shape index (κ1) is 23.4. The van der Waals surface area contributed by atoms with E-state index in [0.717, 1.165) is 36.2 Å². The Kier molecular flexibility index (Phi) is 6.88. The number of hydrogen-bond donors (Lipinski definition) is 1. The first-order valence-electron chi connectivity index (χ1n) is 11.0. The zero-order valence-electron chi connectivity index (χ0n) is 18.9. The number of fused-ring (bicyclic) bond motifs is 1. The number of aryl methyl sites for hydroxylation is 2. The second kappa shape index (κ2) is 10.0. The Balaban J connectivity index is 1.71. The monoisotopic (exact) mass is 477 g/mol. The van der Waals surface area contributed by atoms with Gasteiger partial charge >= 0.3 is 0 Å². The first-order chi connectivity index (χ1) is 16.4. The molecule has 4 aromatic rings. The van der Waals surface area contributed by atoms with Crippen LogP contribution in [0.1, 0.15) is 47.1 Å². The van der Waals surface area contributed by atoms with Crippen molar-refractivity contribution in [1.29, 1.82) is 0 Å². The molecule has 2 aromatic heterocycles. The normalized spacial score (nSPS) is 11.0. The molecule has 0 spiro atoms. The third kappa shape index (κ3) is 4.92. The van der Waals surface area contributed by atoms with Crippen LogP contribution in [0.25, 0.3) is 11.2 Å². The number of non-ortho nitro benzene ring substituents is 1. The summed E-state index contributed by atoms with van der Waals surface area (Å²) in [4.78, 5) is 33.0. The van der Waals surface area contributed by atoms with Crippen LogP contribution in [0.3, 0.4) is 0 Å². The number of nitro benzene ring substituents is 1. The number of benzene rings is 2. The fraction of sp³-hybridized carbons (Fsp3) is 0.240. The maximum absolute atomic E-state index is 12.7. The maximum atomic E-state index is 12.7. The molecule has 2 aromatic carbocycles. The molecule has 0 bridgehead atoms. The molecule has 0 aliphatic carbocycles. The summed E-state index contributed by atoms with van der Waals surface area (Å²) in [6.45, 7) is 4.42. The molecule has 0 radical (unpaired) electrons. The highest BCUT2D eigenvalue weighted by atomic mass is 35.5. The van der Waals surface area contributed by atoms with Crippen LogP contribution < -0.4 is 5.32 Å². The smallest absolute Gasteiger partial charge is 0.269 e. The second-order valence-electron chi connectivity index (χ2n) is 8.08. The second-order valence-corrected chi connectivity index (χ2v) is 8.51. The van der Waals surface area contributed by atoms with Gasteiger partial charge in [0.2, 0.25) is 0 Å². The van der Waals surface area contributed by atoms with E-state index in [-0.39, 0.29) is 11.6 Å². The van der Waals surface area contributed by atoms with Gasteiger partial charge in [0.1, 0.15) is 11.3 Å². The van der Waals surface area contributed by atoms with Crippen LogP contribution in [0.15, 0.2) is 54.7 Å². The van der Waals surface area contributed by atoms with Crippen molar-refractivity contribution < 1.29 is 9.72 Å². The number of rotatable bonds is 8. The van der Waals surface area contributed by atoms with Crippen LogP contribution in [0, 0.1) is 17.0 Å². The summed E-state index contributed by atoms with van der Waals surface area (Å²) in [5.74, 6) is 0.575. The molecule has 0 saturated carbocycles. The van der Waals surface area contributed by atoms with Crippen LogP contribution in [-0.4, -0.2) is 25.4 Å². The number of imidazole rings is 1. The minimum Gasteiger partial charge on any atom is -0.320 e. The average molecular weight is 478 g/mol. The lowest BCUT2D eigenvalue weighted by Gasteiger charge is -2.11. The zero-order chi connectivity index (χ0) is 24.2. The molecule has 8 nitrogen and oxygen atoms in total. The van der Waals surface area contributed by atoms with Crippen molar-refractivity contribution in [2.75, 3.05) is 5.32 Å². The number of carbonyl (C=O) groups excluding carboxylic acids is 1. The van der Waals surface area contributed by atoms with E-state index in [4.69, 9.17) is 16.6 Å². The highest BCUT2D eigenvalue weighted by Gasteiger charge is 2.18. The summed E-state index contributed by atoms with van der Waals surface area (Å²) in [5, 5.41) is 14.6. The number of nitrogens with one attached hydrogen (secondary N) is 1. The number of nitro groups is 1. The molecule has 0 unspecified atom stereocenters. The van der Waals surface area contributed by atoms with Gasteiger partial charge in [0.25, 0.3) is 11.6 Å². The van der Waals surface area contributed by atoms with Crippen LogP contribution in [0.2, 0.25) is 5.02 Å². The van der Waals surface area contributed by atoms with E-state index in [2.05, 4.69) is 17.2 Å². The molecule has 0 aliphatic heterocycles. The van der Waals surface area contributed by atoms with Gasteiger partial charge in [0, 0.05) is 34.7 Å². The molecule has 9 heteroatoms. The number of nitrogens with zero attached hydrogens (tertiary/aromatic N) is 4. The van der Waals surface area contributed by atoms with Crippen molar-refractivity contribution >= 4 is 40.0 Å². The lowest BCUT2D eigenvalue weighted by Crippen LogP contribution is -2.13. The topological polar surface area (TPSA) is 103 Å². The summed E-state index contributed by atoms with van der Waals surface area (Å²) < 4.78 is 2.00. The molecule has 1 N–H and O–H groups in total. The van der Waals surface area contributed by atoms with Gasteiger partial charge in [-0.2, -0.15) is 0 Å². The molecule has 2 heterocycles. The van der Waals surface area contributed by atoms with Gasteiger partial charge in [-0.25, -0.2) is 9.97 Å². The average Bonchev–Trinajstić information content (AvgIpc) is 3.17. The van der Waals surface area contributed by atoms with E-state index in [1.807, 2.05) is 17.6 Å². The van der Waals surface area contributed by atoms with Gasteiger partial charge in [-0.05, 0) is 37.1 Å². The quantitative estimate of drug-likeness (QED) is 0.249. The largest absolute Gasteiger partial charge is 0.320 e. The van der Waals surface area contributed by atoms with E-state index in [0.29, 0.717) is 34.0 Å². The lowest BCUT2D eigenvalue weighted by molar-refractivity contribution is -0.384. The van der Waals surface area contributed by atoms with Crippen molar-refractivity contribution in [3.05, 3.63) is 92.4 Å². The molecule has 1 amide bonds. The number of unbranched alkanes of at least 4 members (excludes halogenated alkanes) is 1. The highest BCUT2D eigenvalue weighted by molar-refractivity contribution is 6.31. The molecule has 0 saturated heterocycles. The first-order valence-corrected chi connectivity index (χ1v) is 11.4. The number of anilines is 1. The Bertz CT molecular complexity index is 1380. The molecular weight excluding hydrogens is 454 g/mol.